The molecule has 16 heavy (non-hydrogen) atoms. The highest BCUT2D eigenvalue weighted by Crippen LogP contribution is 2.14. The van der Waals surface area contributed by atoms with Crippen LogP contribution in [0.3, 0.4) is 0 Å². The van der Waals surface area contributed by atoms with Crippen LogP contribution in [0.2, 0.25) is 0 Å². The molecule has 0 amide bonds. The molecule has 0 spiro atoms. The second-order valence-electron chi connectivity index (χ2n) is 3.98. The van der Waals surface area contributed by atoms with Crippen molar-refractivity contribution < 1.29 is 9.53 Å². The van der Waals surface area contributed by atoms with Crippen molar-refractivity contribution in [2.24, 2.45) is 5.92 Å². The number of aryl methyl sites for hydroxylation is 1. The van der Waals surface area contributed by atoms with E-state index in [0.717, 1.165) is 12.2 Å². The fraction of sp³-hybridized carbons (Fsp3) is 0.636. The maximum Gasteiger partial charge on any atom is 0.309 e. The van der Waals surface area contributed by atoms with E-state index in [-0.39, 0.29) is 11.9 Å². The third-order valence-corrected chi connectivity index (χ3v) is 3.37. The molecule has 1 atom stereocenters. The van der Waals surface area contributed by atoms with Crippen molar-refractivity contribution in [2.45, 2.75) is 20.4 Å². The van der Waals surface area contributed by atoms with E-state index in [0.29, 0.717) is 6.54 Å². The molecule has 4 nitrogen and oxygen atoms in total. The number of nitrogens with zero attached hydrogens (tertiary/aromatic N) is 2. The first-order valence-electron chi connectivity index (χ1n) is 5.20. The first kappa shape index (κ1) is 13.1. The molecule has 1 aromatic heterocycles. The Morgan fingerprint density at radius 3 is 2.88 bits per heavy atom. The van der Waals surface area contributed by atoms with Gasteiger partial charge in [-0.2, -0.15) is 0 Å². The van der Waals surface area contributed by atoms with Crippen molar-refractivity contribution in [3.8, 4) is 0 Å². The number of hydrogen-bond donors (Lipinski definition) is 0. The summed E-state index contributed by atoms with van der Waals surface area (Å²) in [6, 6.07) is 0. The van der Waals surface area contributed by atoms with Crippen molar-refractivity contribution in [3.63, 3.8) is 0 Å². The minimum Gasteiger partial charge on any atom is -0.469 e. The van der Waals surface area contributed by atoms with Gasteiger partial charge in [-0.25, -0.2) is 4.98 Å². The second-order valence-corrected chi connectivity index (χ2v) is 4.92. The van der Waals surface area contributed by atoms with Crippen LogP contribution in [0.15, 0.2) is 5.51 Å². The summed E-state index contributed by atoms with van der Waals surface area (Å²) >= 11 is 1.65. The molecule has 1 unspecified atom stereocenters. The number of aromatic nitrogens is 1. The highest BCUT2D eigenvalue weighted by Gasteiger charge is 2.16. The third-order valence-electron chi connectivity index (χ3n) is 2.45. The smallest absolute Gasteiger partial charge is 0.309 e. The molecule has 5 heteroatoms. The van der Waals surface area contributed by atoms with Crippen molar-refractivity contribution in [3.05, 3.63) is 16.1 Å². The van der Waals surface area contributed by atoms with Crippen LogP contribution in [-0.2, 0) is 16.1 Å². The summed E-state index contributed by atoms with van der Waals surface area (Å²) in [5.41, 5.74) is 2.92. The number of rotatable bonds is 5. The fourth-order valence-corrected chi connectivity index (χ4v) is 2.39. The lowest BCUT2D eigenvalue weighted by molar-refractivity contribution is -0.145. The van der Waals surface area contributed by atoms with Crippen LogP contribution in [-0.4, -0.2) is 36.6 Å². The summed E-state index contributed by atoms with van der Waals surface area (Å²) in [6.07, 6.45) is 0. The van der Waals surface area contributed by atoms with Gasteiger partial charge in [0.05, 0.1) is 24.2 Å². The first-order chi connectivity index (χ1) is 7.54. The molecule has 0 radical (unpaired) electrons. The van der Waals surface area contributed by atoms with E-state index in [1.54, 1.807) is 11.3 Å². The van der Waals surface area contributed by atoms with Crippen LogP contribution in [0.25, 0.3) is 0 Å². The van der Waals surface area contributed by atoms with Crippen LogP contribution in [0.5, 0.6) is 0 Å². The van der Waals surface area contributed by atoms with E-state index in [4.69, 9.17) is 4.74 Å². The Kier molecular flexibility index (Phi) is 4.89. The highest BCUT2D eigenvalue weighted by atomic mass is 32.1. The lowest BCUT2D eigenvalue weighted by Crippen LogP contribution is -2.29. The predicted molar refractivity (Wildman–Crippen MR) is 64.4 cm³/mol. The number of carbonyl (C=O) groups excluding carboxylic acids is 1. The second kappa shape index (κ2) is 5.96. The maximum atomic E-state index is 11.3. The van der Waals surface area contributed by atoms with Crippen molar-refractivity contribution in [1.29, 1.82) is 0 Å². The van der Waals surface area contributed by atoms with E-state index in [2.05, 4.69) is 9.88 Å². The third kappa shape index (κ3) is 3.57. The van der Waals surface area contributed by atoms with Gasteiger partial charge in [-0.3, -0.25) is 4.79 Å². The van der Waals surface area contributed by atoms with Crippen LogP contribution < -0.4 is 0 Å². The first-order valence-corrected chi connectivity index (χ1v) is 6.08. The Bertz CT molecular complexity index is 352. The summed E-state index contributed by atoms with van der Waals surface area (Å²) in [5.74, 6) is -0.254. The van der Waals surface area contributed by atoms with Gasteiger partial charge in [0.1, 0.15) is 0 Å². The average molecular weight is 242 g/mol. The number of methoxy groups -OCH3 is 1. The number of carbonyl (C=O) groups is 1. The largest absolute Gasteiger partial charge is 0.469 e. The van der Waals surface area contributed by atoms with Crippen molar-refractivity contribution in [2.75, 3.05) is 20.7 Å². The molecule has 0 N–H and O–H groups in total. The zero-order valence-electron chi connectivity index (χ0n) is 10.2. The molecular weight excluding hydrogens is 224 g/mol. The molecule has 90 valence electrons. The minimum absolute atomic E-state index is 0.0942. The lowest BCUT2D eigenvalue weighted by Gasteiger charge is -2.19. The van der Waals surface area contributed by atoms with Gasteiger partial charge < -0.3 is 9.64 Å². The maximum absolute atomic E-state index is 11.3. The van der Waals surface area contributed by atoms with E-state index in [9.17, 15) is 4.79 Å². The standard InChI is InChI=1S/C11H18N2O2S/c1-8(11(14)15-4)5-13(3)6-10-9(2)12-7-16-10/h7-8H,5-6H2,1-4H3. The molecule has 1 rings (SSSR count). The van der Waals surface area contributed by atoms with Gasteiger partial charge in [0, 0.05) is 18.0 Å². The van der Waals surface area contributed by atoms with E-state index in [1.165, 1.54) is 12.0 Å². The minimum atomic E-state index is -0.159. The summed E-state index contributed by atoms with van der Waals surface area (Å²) < 4.78 is 4.70. The van der Waals surface area contributed by atoms with Crippen molar-refractivity contribution >= 4 is 17.3 Å². The molecule has 0 aliphatic rings. The number of ether oxygens (including phenoxy) is 1. The number of hydrogen-bond acceptors (Lipinski definition) is 5. The molecule has 1 aromatic rings. The molecule has 0 aliphatic heterocycles. The van der Waals surface area contributed by atoms with Gasteiger partial charge in [-0.15, -0.1) is 11.3 Å². The molecule has 0 bridgehead atoms. The Labute approximate surface area is 100 Å². The van der Waals surface area contributed by atoms with Gasteiger partial charge >= 0.3 is 5.97 Å². The molecular formula is C11H18N2O2S. The van der Waals surface area contributed by atoms with Gasteiger partial charge in [-0.1, -0.05) is 6.92 Å². The molecule has 0 saturated heterocycles. The number of thiazole rings is 1. The fourth-order valence-electron chi connectivity index (χ4n) is 1.53. The zero-order chi connectivity index (χ0) is 12.1. The Hall–Kier alpha value is -0.940. The van der Waals surface area contributed by atoms with E-state index >= 15 is 0 Å². The van der Waals surface area contributed by atoms with Crippen LogP contribution in [0, 0.1) is 12.8 Å². The predicted octanol–water partition coefficient (Wildman–Crippen LogP) is 1.69. The topological polar surface area (TPSA) is 42.4 Å². The van der Waals surface area contributed by atoms with Gasteiger partial charge in [-0.05, 0) is 14.0 Å². The number of esters is 1. The molecule has 0 saturated carbocycles. The van der Waals surface area contributed by atoms with E-state index < -0.39 is 0 Å². The van der Waals surface area contributed by atoms with E-state index in [1.807, 2.05) is 26.4 Å². The van der Waals surface area contributed by atoms with Crippen LogP contribution in [0.4, 0.5) is 0 Å². The van der Waals surface area contributed by atoms with Gasteiger partial charge in [0.25, 0.3) is 0 Å². The molecule has 0 aromatic carbocycles. The Balaban J connectivity index is 2.45. The monoisotopic (exact) mass is 242 g/mol. The Morgan fingerprint density at radius 2 is 2.38 bits per heavy atom. The molecule has 0 aliphatic carbocycles. The summed E-state index contributed by atoms with van der Waals surface area (Å²) in [4.78, 5) is 18.8. The normalized spacial score (nSPS) is 12.8. The Morgan fingerprint density at radius 1 is 1.69 bits per heavy atom. The molecule has 0 fully saturated rings. The molecule has 1 heterocycles. The van der Waals surface area contributed by atoms with Gasteiger partial charge in [0.2, 0.25) is 0 Å². The lowest BCUT2D eigenvalue weighted by atomic mass is 10.2. The SMILES string of the molecule is COC(=O)C(C)CN(C)Cc1scnc1C. The summed E-state index contributed by atoms with van der Waals surface area (Å²) in [5, 5.41) is 0. The summed E-state index contributed by atoms with van der Waals surface area (Å²) in [6.45, 7) is 5.41. The zero-order valence-corrected chi connectivity index (χ0v) is 11.0. The van der Waals surface area contributed by atoms with Crippen LogP contribution >= 0.6 is 11.3 Å². The summed E-state index contributed by atoms with van der Waals surface area (Å²) in [7, 11) is 3.42. The van der Waals surface area contributed by atoms with Crippen molar-refractivity contribution in [1.82, 2.24) is 9.88 Å². The van der Waals surface area contributed by atoms with Gasteiger partial charge in [0.15, 0.2) is 0 Å². The van der Waals surface area contributed by atoms with Crippen LogP contribution in [0.1, 0.15) is 17.5 Å². The average Bonchev–Trinajstić information content (AvgIpc) is 2.63. The quantitative estimate of drug-likeness (QED) is 0.737. The highest BCUT2D eigenvalue weighted by molar-refractivity contribution is 7.09.